The van der Waals surface area contributed by atoms with E-state index in [-0.39, 0.29) is 17.5 Å². The second kappa shape index (κ2) is 7.56. The molecule has 2 atom stereocenters. The SMILES string of the molecule is CCOc1ccc2ccccc2c1[C@H]1NC(=O)c2c(sc3c2CC[C@@H](C(C)(C)C)C3)N1. The van der Waals surface area contributed by atoms with Gasteiger partial charge in [-0.1, -0.05) is 51.1 Å². The Bertz CT molecular complexity index is 1160. The smallest absolute Gasteiger partial charge is 0.256 e. The largest absolute Gasteiger partial charge is 0.493 e. The third-order valence-corrected chi connectivity index (χ3v) is 7.97. The monoisotopic (exact) mass is 434 g/mol. The maximum atomic E-state index is 13.3. The van der Waals surface area contributed by atoms with Crippen LogP contribution in [0, 0.1) is 11.3 Å². The summed E-state index contributed by atoms with van der Waals surface area (Å²) in [5.41, 5.74) is 3.40. The van der Waals surface area contributed by atoms with Crippen LogP contribution in [0.2, 0.25) is 0 Å². The fourth-order valence-electron chi connectivity index (χ4n) is 5.04. The number of carbonyl (C=O) groups is 1. The first-order valence-corrected chi connectivity index (χ1v) is 12.0. The Morgan fingerprint density at radius 2 is 1.94 bits per heavy atom. The molecule has 4 nitrogen and oxygen atoms in total. The van der Waals surface area contributed by atoms with Crippen LogP contribution < -0.4 is 15.4 Å². The normalized spacial score (nSPS) is 20.6. The minimum Gasteiger partial charge on any atom is -0.493 e. The van der Waals surface area contributed by atoms with E-state index in [1.54, 1.807) is 11.3 Å². The Morgan fingerprint density at radius 1 is 1.13 bits per heavy atom. The van der Waals surface area contributed by atoms with E-state index in [1.807, 2.05) is 25.1 Å². The van der Waals surface area contributed by atoms with Crippen LogP contribution in [-0.2, 0) is 12.8 Å². The maximum absolute atomic E-state index is 13.3. The van der Waals surface area contributed by atoms with E-state index in [4.69, 9.17) is 4.74 Å². The summed E-state index contributed by atoms with van der Waals surface area (Å²) >= 11 is 1.77. The lowest BCUT2D eigenvalue weighted by Gasteiger charge is -2.34. The van der Waals surface area contributed by atoms with Gasteiger partial charge in [0.05, 0.1) is 12.2 Å². The van der Waals surface area contributed by atoms with Gasteiger partial charge in [-0.2, -0.15) is 0 Å². The van der Waals surface area contributed by atoms with Crippen LogP contribution in [0.25, 0.3) is 10.8 Å². The first-order valence-electron chi connectivity index (χ1n) is 11.2. The number of amides is 1. The number of anilines is 1. The molecular formula is C26H30N2O2S. The summed E-state index contributed by atoms with van der Waals surface area (Å²) in [5, 5.41) is 10.1. The number of ether oxygens (including phenoxy) is 1. The Morgan fingerprint density at radius 3 is 2.71 bits per heavy atom. The molecule has 2 N–H and O–H groups in total. The summed E-state index contributed by atoms with van der Waals surface area (Å²) in [6, 6.07) is 12.4. The van der Waals surface area contributed by atoms with Crippen LogP contribution in [0.1, 0.15) is 66.6 Å². The lowest BCUT2D eigenvalue weighted by Crippen LogP contribution is -2.38. The lowest BCUT2D eigenvalue weighted by atomic mass is 9.72. The van der Waals surface area contributed by atoms with Gasteiger partial charge in [0.2, 0.25) is 0 Å². The molecule has 0 saturated heterocycles. The van der Waals surface area contributed by atoms with Crippen LogP contribution in [0.5, 0.6) is 5.75 Å². The van der Waals surface area contributed by atoms with E-state index < -0.39 is 0 Å². The summed E-state index contributed by atoms with van der Waals surface area (Å²) in [5.74, 6) is 1.50. The van der Waals surface area contributed by atoms with Gasteiger partial charge in [0.25, 0.3) is 5.91 Å². The van der Waals surface area contributed by atoms with Crippen molar-refractivity contribution in [2.24, 2.45) is 11.3 Å². The average Bonchev–Trinajstić information content (AvgIpc) is 3.11. The van der Waals surface area contributed by atoms with Gasteiger partial charge in [0, 0.05) is 10.4 Å². The van der Waals surface area contributed by atoms with Gasteiger partial charge < -0.3 is 15.4 Å². The fraction of sp³-hybridized carbons (Fsp3) is 0.423. The van der Waals surface area contributed by atoms with Gasteiger partial charge in [0.1, 0.15) is 16.9 Å². The Balaban J connectivity index is 1.55. The van der Waals surface area contributed by atoms with E-state index in [0.29, 0.717) is 12.5 Å². The van der Waals surface area contributed by atoms with Crippen LogP contribution in [0.3, 0.4) is 0 Å². The standard InChI is InChI=1S/C26H30N2O2S/c1-5-30-19-13-10-15-8-6-7-9-17(15)21(19)23-27-24(29)22-18-12-11-16(26(2,3)4)14-20(18)31-25(22)28-23/h6-10,13,16,23,28H,5,11-12,14H2,1-4H3,(H,27,29)/t16-,23+/m1/s1. The highest BCUT2D eigenvalue weighted by molar-refractivity contribution is 7.16. The molecule has 0 saturated carbocycles. The predicted molar refractivity (Wildman–Crippen MR) is 128 cm³/mol. The maximum Gasteiger partial charge on any atom is 0.256 e. The van der Waals surface area contributed by atoms with Crippen molar-refractivity contribution in [1.82, 2.24) is 5.32 Å². The molecule has 0 bridgehead atoms. The quantitative estimate of drug-likeness (QED) is 0.508. The minimum atomic E-state index is -0.314. The number of nitrogens with one attached hydrogen (secondary N) is 2. The number of hydrogen-bond donors (Lipinski definition) is 2. The summed E-state index contributed by atoms with van der Waals surface area (Å²) in [6.45, 7) is 9.55. The molecule has 0 radical (unpaired) electrons. The van der Waals surface area contributed by atoms with Gasteiger partial charge >= 0.3 is 0 Å². The van der Waals surface area contributed by atoms with Crippen molar-refractivity contribution in [3.8, 4) is 5.75 Å². The number of benzene rings is 2. The topological polar surface area (TPSA) is 50.4 Å². The van der Waals surface area contributed by atoms with Crippen LogP contribution >= 0.6 is 11.3 Å². The van der Waals surface area contributed by atoms with Gasteiger partial charge in [-0.05, 0) is 59.9 Å². The third-order valence-electron chi connectivity index (χ3n) is 6.79. The Kier molecular flexibility index (Phi) is 4.97. The van der Waals surface area contributed by atoms with Crippen molar-refractivity contribution in [2.75, 3.05) is 11.9 Å². The molecular weight excluding hydrogens is 404 g/mol. The van der Waals surface area contributed by atoms with E-state index in [2.05, 4.69) is 49.6 Å². The molecule has 1 aliphatic heterocycles. The van der Waals surface area contributed by atoms with E-state index in [9.17, 15) is 4.79 Å². The molecule has 0 spiro atoms. The molecule has 2 aromatic carbocycles. The van der Waals surface area contributed by atoms with Crippen molar-refractivity contribution >= 4 is 33.0 Å². The molecule has 31 heavy (non-hydrogen) atoms. The summed E-state index contributed by atoms with van der Waals surface area (Å²) in [4.78, 5) is 14.7. The van der Waals surface area contributed by atoms with Crippen LogP contribution in [0.4, 0.5) is 5.00 Å². The second-order valence-electron chi connectivity index (χ2n) is 9.70. The first-order chi connectivity index (χ1) is 14.9. The van der Waals surface area contributed by atoms with Crippen molar-refractivity contribution in [2.45, 2.75) is 53.1 Å². The number of fused-ring (bicyclic) bond motifs is 4. The molecule has 3 aromatic rings. The van der Waals surface area contributed by atoms with E-state index >= 15 is 0 Å². The highest BCUT2D eigenvalue weighted by Crippen LogP contribution is 2.47. The Labute approximate surface area is 188 Å². The molecule has 0 unspecified atom stereocenters. The zero-order valence-electron chi connectivity index (χ0n) is 18.7. The predicted octanol–water partition coefficient (Wildman–Crippen LogP) is 6.31. The average molecular weight is 435 g/mol. The zero-order valence-corrected chi connectivity index (χ0v) is 19.5. The van der Waals surface area contributed by atoms with Crippen LogP contribution in [-0.4, -0.2) is 12.5 Å². The van der Waals surface area contributed by atoms with Gasteiger partial charge in [-0.3, -0.25) is 4.79 Å². The molecule has 2 heterocycles. The number of hydrogen-bond acceptors (Lipinski definition) is 4. The fourth-order valence-corrected chi connectivity index (χ4v) is 6.39. The Hall–Kier alpha value is -2.53. The first kappa shape index (κ1) is 20.4. The van der Waals surface area contributed by atoms with Crippen molar-refractivity contribution in [3.05, 3.63) is 58.0 Å². The molecule has 2 aliphatic rings. The molecule has 1 aliphatic carbocycles. The summed E-state index contributed by atoms with van der Waals surface area (Å²) in [6.07, 6.45) is 2.88. The van der Waals surface area contributed by atoms with Crippen LogP contribution in [0.15, 0.2) is 36.4 Å². The van der Waals surface area contributed by atoms with E-state index in [1.165, 1.54) is 10.4 Å². The summed E-state index contributed by atoms with van der Waals surface area (Å²) < 4.78 is 5.97. The zero-order chi connectivity index (χ0) is 21.8. The second-order valence-corrected chi connectivity index (χ2v) is 10.8. The van der Waals surface area contributed by atoms with Gasteiger partial charge in [-0.15, -0.1) is 11.3 Å². The molecule has 5 rings (SSSR count). The van der Waals surface area contributed by atoms with Crippen molar-refractivity contribution in [1.29, 1.82) is 0 Å². The number of thiophene rings is 1. The highest BCUT2D eigenvalue weighted by Gasteiger charge is 2.37. The number of carbonyl (C=O) groups excluding carboxylic acids is 1. The minimum absolute atomic E-state index is 0.0286. The van der Waals surface area contributed by atoms with Crippen molar-refractivity contribution < 1.29 is 9.53 Å². The molecule has 5 heteroatoms. The number of rotatable bonds is 3. The van der Waals surface area contributed by atoms with Gasteiger partial charge in [-0.25, -0.2) is 0 Å². The summed E-state index contributed by atoms with van der Waals surface area (Å²) in [7, 11) is 0. The molecule has 162 valence electrons. The lowest BCUT2D eigenvalue weighted by molar-refractivity contribution is 0.0934. The molecule has 1 aromatic heterocycles. The highest BCUT2D eigenvalue weighted by atomic mass is 32.1. The molecule has 0 fully saturated rings. The van der Waals surface area contributed by atoms with Gasteiger partial charge in [0.15, 0.2) is 0 Å². The van der Waals surface area contributed by atoms with E-state index in [0.717, 1.165) is 51.9 Å². The third kappa shape index (κ3) is 3.49. The van der Waals surface area contributed by atoms with Crippen molar-refractivity contribution in [3.63, 3.8) is 0 Å². The molecule has 1 amide bonds.